The highest BCUT2D eigenvalue weighted by molar-refractivity contribution is 5.95. The van der Waals surface area contributed by atoms with E-state index in [-0.39, 0.29) is 11.6 Å². The molecule has 1 N–H and O–H groups in total. The molecule has 0 spiro atoms. The van der Waals surface area contributed by atoms with Gasteiger partial charge in [0.1, 0.15) is 5.82 Å². The van der Waals surface area contributed by atoms with E-state index in [4.69, 9.17) is 0 Å². The zero-order chi connectivity index (χ0) is 19.1. The van der Waals surface area contributed by atoms with Crippen LogP contribution in [0.25, 0.3) is 10.9 Å². The highest BCUT2D eigenvalue weighted by Crippen LogP contribution is 2.32. The Morgan fingerprint density at radius 2 is 1.96 bits per heavy atom. The van der Waals surface area contributed by atoms with Crippen LogP contribution >= 0.6 is 0 Å². The standard InChI is InChI=1S/C23H24FN3O/c24-17-9-7-16(8-10-17)23(28)6-3-11-26-13-18-12-20-19-4-1-2-5-21(19)25-22(20)14-27(18)15-26/h1-2,4-5,7-10,18,25H,3,6,11-15H2. The Morgan fingerprint density at radius 1 is 1.14 bits per heavy atom. The second-order valence-corrected chi connectivity index (χ2v) is 7.98. The van der Waals surface area contributed by atoms with E-state index in [1.807, 2.05) is 0 Å². The Kier molecular flexibility index (Phi) is 4.49. The van der Waals surface area contributed by atoms with Crippen molar-refractivity contribution < 1.29 is 9.18 Å². The number of ketones is 1. The maximum absolute atomic E-state index is 13.0. The Labute approximate surface area is 163 Å². The summed E-state index contributed by atoms with van der Waals surface area (Å²) in [6.45, 7) is 3.92. The third-order valence-electron chi connectivity index (χ3n) is 6.11. The van der Waals surface area contributed by atoms with E-state index in [0.29, 0.717) is 18.0 Å². The van der Waals surface area contributed by atoms with Gasteiger partial charge in [0.15, 0.2) is 5.78 Å². The minimum Gasteiger partial charge on any atom is -0.357 e. The van der Waals surface area contributed by atoms with Crippen LogP contribution < -0.4 is 0 Å². The molecule has 0 saturated carbocycles. The molecule has 1 aromatic heterocycles. The molecule has 3 aromatic rings. The van der Waals surface area contributed by atoms with Crippen molar-refractivity contribution in [2.24, 2.45) is 0 Å². The topological polar surface area (TPSA) is 39.3 Å². The average molecular weight is 377 g/mol. The molecule has 5 heteroatoms. The van der Waals surface area contributed by atoms with Crippen molar-refractivity contribution in [3.8, 4) is 0 Å². The van der Waals surface area contributed by atoms with Crippen LogP contribution in [-0.4, -0.2) is 46.4 Å². The van der Waals surface area contributed by atoms with E-state index in [9.17, 15) is 9.18 Å². The minimum atomic E-state index is -0.303. The van der Waals surface area contributed by atoms with Gasteiger partial charge in [-0.15, -0.1) is 0 Å². The number of aromatic nitrogens is 1. The van der Waals surface area contributed by atoms with Crippen molar-refractivity contribution in [1.29, 1.82) is 0 Å². The lowest BCUT2D eigenvalue weighted by atomic mass is 9.98. The number of hydrogen-bond acceptors (Lipinski definition) is 3. The van der Waals surface area contributed by atoms with Gasteiger partial charge in [0.05, 0.1) is 6.67 Å². The van der Waals surface area contributed by atoms with Gasteiger partial charge in [-0.05, 0) is 55.3 Å². The molecule has 1 atom stereocenters. The fourth-order valence-corrected chi connectivity index (χ4v) is 4.68. The molecule has 3 heterocycles. The van der Waals surface area contributed by atoms with Gasteiger partial charge in [0, 0.05) is 47.7 Å². The molecule has 28 heavy (non-hydrogen) atoms. The van der Waals surface area contributed by atoms with E-state index in [1.54, 1.807) is 12.1 Å². The number of carbonyl (C=O) groups excluding carboxylic acids is 1. The van der Waals surface area contributed by atoms with E-state index in [0.717, 1.165) is 39.1 Å². The molecular formula is C23H24FN3O. The summed E-state index contributed by atoms with van der Waals surface area (Å²) >= 11 is 0. The van der Waals surface area contributed by atoms with Gasteiger partial charge in [-0.25, -0.2) is 4.39 Å². The van der Waals surface area contributed by atoms with Crippen molar-refractivity contribution in [3.63, 3.8) is 0 Å². The highest BCUT2D eigenvalue weighted by Gasteiger charge is 2.35. The first kappa shape index (κ1) is 17.6. The lowest BCUT2D eigenvalue weighted by Gasteiger charge is -2.28. The molecule has 4 nitrogen and oxygen atoms in total. The summed E-state index contributed by atoms with van der Waals surface area (Å²) in [5.74, 6) is -0.207. The molecule has 2 aliphatic heterocycles. The molecule has 1 unspecified atom stereocenters. The summed E-state index contributed by atoms with van der Waals surface area (Å²) < 4.78 is 13.0. The summed E-state index contributed by atoms with van der Waals surface area (Å²) in [7, 11) is 0. The van der Waals surface area contributed by atoms with E-state index >= 15 is 0 Å². The summed E-state index contributed by atoms with van der Waals surface area (Å²) in [4.78, 5) is 20.9. The normalized spacial score (nSPS) is 19.7. The molecule has 144 valence electrons. The zero-order valence-electron chi connectivity index (χ0n) is 15.8. The molecule has 0 bridgehead atoms. The summed E-state index contributed by atoms with van der Waals surface area (Å²) in [6, 6.07) is 15.0. The Hall–Kier alpha value is -2.50. The summed E-state index contributed by atoms with van der Waals surface area (Å²) in [5, 5.41) is 1.36. The number of nitrogens with zero attached hydrogens (tertiary/aromatic N) is 2. The maximum atomic E-state index is 13.0. The first-order valence-electron chi connectivity index (χ1n) is 10.0. The van der Waals surface area contributed by atoms with Crippen molar-refractivity contribution >= 4 is 16.7 Å². The number of carbonyl (C=O) groups is 1. The van der Waals surface area contributed by atoms with Gasteiger partial charge in [-0.1, -0.05) is 18.2 Å². The van der Waals surface area contributed by atoms with Crippen LogP contribution in [0.2, 0.25) is 0 Å². The fraction of sp³-hybridized carbons (Fsp3) is 0.348. The smallest absolute Gasteiger partial charge is 0.162 e. The third-order valence-corrected chi connectivity index (χ3v) is 6.11. The molecule has 2 aromatic carbocycles. The van der Waals surface area contributed by atoms with Crippen LogP contribution in [0.5, 0.6) is 0 Å². The predicted octanol–water partition coefficient (Wildman–Crippen LogP) is 3.97. The zero-order valence-corrected chi connectivity index (χ0v) is 15.8. The molecule has 5 rings (SSSR count). The van der Waals surface area contributed by atoms with E-state index in [2.05, 4.69) is 39.0 Å². The van der Waals surface area contributed by atoms with Gasteiger partial charge in [-0.3, -0.25) is 14.6 Å². The van der Waals surface area contributed by atoms with Crippen LogP contribution in [0.4, 0.5) is 4.39 Å². The van der Waals surface area contributed by atoms with Gasteiger partial charge in [0.2, 0.25) is 0 Å². The fourth-order valence-electron chi connectivity index (χ4n) is 4.68. The summed E-state index contributed by atoms with van der Waals surface area (Å²) in [5.41, 5.74) is 4.67. The van der Waals surface area contributed by atoms with Crippen molar-refractivity contribution in [1.82, 2.24) is 14.8 Å². The largest absolute Gasteiger partial charge is 0.357 e. The number of nitrogens with one attached hydrogen (secondary N) is 1. The first-order valence-corrected chi connectivity index (χ1v) is 10.0. The Balaban J connectivity index is 1.17. The van der Waals surface area contributed by atoms with Crippen LogP contribution in [0.3, 0.4) is 0 Å². The number of Topliss-reactive ketones (excluding diaryl/α,β-unsaturated/α-hetero) is 1. The molecule has 0 amide bonds. The van der Waals surface area contributed by atoms with Gasteiger partial charge >= 0.3 is 0 Å². The van der Waals surface area contributed by atoms with Crippen LogP contribution in [0, 0.1) is 5.82 Å². The van der Waals surface area contributed by atoms with Crippen LogP contribution in [-0.2, 0) is 13.0 Å². The molecule has 0 aliphatic carbocycles. The highest BCUT2D eigenvalue weighted by atomic mass is 19.1. The number of H-pyrrole nitrogens is 1. The number of rotatable bonds is 5. The number of aromatic amines is 1. The molecule has 0 radical (unpaired) electrons. The van der Waals surface area contributed by atoms with Gasteiger partial charge < -0.3 is 4.98 Å². The second kappa shape index (κ2) is 7.15. The number of benzene rings is 2. The minimum absolute atomic E-state index is 0.0957. The van der Waals surface area contributed by atoms with E-state index < -0.39 is 0 Å². The molecule has 1 saturated heterocycles. The van der Waals surface area contributed by atoms with Crippen LogP contribution in [0.15, 0.2) is 48.5 Å². The SMILES string of the molecule is O=C(CCCN1CC2Cc3c([nH]c4ccccc34)CN2C1)c1ccc(F)cc1. The third kappa shape index (κ3) is 3.25. The van der Waals surface area contributed by atoms with E-state index in [1.165, 1.54) is 34.3 Å². The second-order valence-electron chi connectivity index (χ2n) is 7.98. The van der Waals surface area contributed by atoms with Crippen molar-refractivity contribution in [3.05, 3.63) is 71.2 Å². The molecular weight excluding hydrogens is 353 g/mol. The average Bonchev–Trinajstić information content (AvgIpc) is 3.26. The predicted molar refractivity (Wildman–Crippen MR) is 108 cm³/mol. The lowest BCUT2D eigenvalue weighted by Crippen LogP contribution is -2.36. The Bertz CT molecular complexity index is 1010. The van der Waals surface area contributed by atoms with Crippen molar-refractivity contribution in [2.45, 2.75) is 31.8 Å². The quantitative estimate of drug-likeness (QED) is 0.684. The summed E-state index contributed by atoms with van der Waals surface area (Å²) in [6.07, 6.45) is 2.44. The van der Waals surface area contributed by atoms with Crippen molar-refractivity contribution in [2.75, 3.05) is 19.8 Å². The lowest BCUT2D eigenvalue weighted by molar-refractivity contribution is 0.0975. The number of halogens is 1. The molecule has 2 aliphatic rings. The number of fused-ring (bicyclic) bond motifs is 4. The molecule has 1 fully saturated rings. The van der Waals surface area contributed by atoms with Crippen LogP contribution in [0.1, 0.15) is 34.5 Å². The maximum Gasteiger partial charge on any atom is 0.162 e. The first-order chi connectivity index (χ1) is 13.7. The number of para-hydroxylation sites is 1. The number of hydrogen-bond donors (Lipinski definition) is 1. The monoisotopic (exact) mass is 377 g/mol. The van der Waals surface area contributed by atoms with Gasteiger partial charge in [-0.2, -0.15) is 0 Å². The Morgan fingerprint density at radius 3 is 2.82 bits per heavy atom. The van der Waals surface area contributed by atoms with Gasteiger partial charge in [0.25, 0.3) is 0 Å².